The van der Waals surface area contributed by atoms with E-state index in [2.05, 4.69) is 10.6 Å². The molecule has 10 heteroatoms. The standard InChI is InChI=1S/C28H26F3N3O4/c29-28(30,31)21-7-4-8-22(16-21)33-25(35)18-38-24-11-9-23(10-12-24)34-17-20(15-26(34)36)27(37)32-14-13-19-5-2-1-3-6-19/h1-12,16,20H,13-15,17-18H2,(H,32,37)(H,33,35)/t20-/m1/s1. The van der Waals surface area contributed by atoms with E-state index in [9.17, 15) is 27.6 Å². The van der Waals surface area contributed by atoms with Crippen molar-refractivity contribution in [2.45, 2.75) is 19.0 Å². The first-order valence-electron chi connectivity index (χ1n) is 12.0. The highest BCUT2D eigenvalue weighted by Crippen LogP contribution is 2.31. The normalized spacial score (nSPS) is 15.3. The van der Waals surface area contributed by atoms with E-state index >= 15 is 0 Å². The number of alkyl halides is 3. The van der Waals surface area contributed by atoms with Crippen LogP contribution in [0.4, 0.5) is 24.5 Å². The number of anilines is 2. The predicted octanol–water partition coefficient (Wildman–Crippen LogP) is 4.43. The van der Waals surface area contributed by atoms with Crippen LogP contribution in [0.15, 0.2) is 78.9 Å². The largest absolute Gasteiger partial charge is 0.484 e. The summed E-state index contributed by atoms with van der Waals surface area (Å²) in [7, 11) is 0. The molecular formula is C28H26F3N3O4. The molecule has 0 spiro atoms. The zero-order chi connectivity index (χ0) is 27.1. The summed E-state index contributed by atoms with van der Waals surface area (Å²) in [6.45, 7) is 0.333. The van der Waals surface area contributed by atoms with Gasteiger partial charge >= 0.3 is 6.18 Å². The van der Waals surface area contributed by atoms with Crippen LogP contribution < -0.4 is 20.3 Å². The highest BCUT2D eigenvalue weighted by molar-refractivity contribution is 6.00. The Morgan fingerprint density at radius 2 is 1.71 bits per heavy atom. The summed E-state index contributed by atoms with van der Waals surface area (Å²) in [6, 6.07) is 20.6. The lowest BCUT2D eigenvalue weighted by molar-refractivity contribution is -0.137. The minimum absolute atomic E-state index is 0.00924. The lowest BCUT2D eigenvalue weighted by Gasteiger charge is -2.17. The molecule has 3 aromatic carbocycles. The molecule has 1 aliphatic heterocycles. The number of ether oxygens (including phenoxy) is 1. The van der Waals surface area contributed by atoms with Gasteiger partial charge in [-0.2, -0.15) is 13.2 Å². The maximum absolute atomic E-state index is 12.8. The van der Waals surface area contributed by atoms with Crippen molar-refractivity contribution in [2.75, 3.05) is 29.9 Å². The van der Waals surface area contributed by atoms with Crippen molar-refractivity contribution < 1.29 is 32.3 Å². The monoisotopic (exact) mass is 525 g/mol. The van der Waals surface area contributed by atoms with Crippen molar-refractivity contribution in [1.29, 1.82) is 0 Å². The molecule has 3 amide bonds. The van der Waals surface area contributed by atoms with Crippen molar-refractivity contribution in [3.8, 4) is 5.75 Å². The Morgan fingerprint density at radius 3 is 2.42 bits per heavy atom. The van der Waals surface area contributed by atoms with E-state index in [1.54, 1.807) is 24.3 Å². The van der Waals surface area contributed by atoms with Crippen molar-refractivity contribution in [3.63, 3.8) is 0 Å². The van der Waals surface area contributed by atoms with Crippen LogP contribution in [0.3, 0.4) is 0 Å². The van der Waals surface area contributed by atoms with Crippen LogP contribution in [0.5, 0.6) is 5.75 Å². The molecule has 0 aromatic heterocycles. The first kappa shape index (κ1) is 26.7. The molecule has 1 heterocycles. The van der Waals surface area contributed by atoms with Gasteiger partial charge in [0.25, 0.3) is 5.91 Å². The van der Waals surface area contributed by atoms with Gasteiger partial charge in [-0.1, -0.05) is 36.4 Å². The number of halogens is 3. The Labute approximate surface area is 217 Å². The molecular weight excluding hydrogens is 499 g/mol. The Kier molecular flexibility index (Phi) is 8.30. The number of benzene rings is 3. The Hall–Kier alpha value is -4.34. The maximum Gasteiger partial charge on any atom is 0.416 e. The quantitative estimate of drug-likeness (QED) is 0.433. The second-order valence-electron chi connectivity index (χ2n) is 8.84. The van der Waals surface area contributed by atoms with Gasteiger partial charge in [0, 0.05) is 30.9 Å². The fourth-order valence-electron chi connectivity index (χ4n) is 4.09. The number of nitrogens with zero attached hydrogens (tertiary/aromatic N) is 1. The van der Waals surface area contributed by atoms with Gasteiger partial charge in [-0.15, -0.1) is 0 Å². The minimum Gasteiger partial charge on any atom is -0.484 e. The molecule has 1 saturated heterocycles. The molecule has 1 atom stereocenters. The van der Waals surface area contributed by atoms with Crippen LogP contribution in [0.2, 0.25) is 0 Å². The molecule has 4 rings (SSSR count). The molecule has 198 valence electrons. The summed E-state index contributed by atoms with van der Waals surface area (Å²) in [4.78, 5) is 38.7. The van der Waals surface area contributed by atoms with E-state index in [0.29, 0.717) is 24.4 Å². The highest BCUT2D eigenvalue weighted by atomic mass is 19.4. The number of nitrogens with one attached hydrogen (secondary N) is 2. The zero-order valence-corrected chi connectivity index (χ0v) is 20.3. The van der Waals surface area contributed by atoms with Gasteiger partial charge in [-0.25, -0.2) is 0 Å². The molecule has 2 N–H and O–H groups in total. The molecule has 0 radical (unpaired) electrons. The van der Waals surface area contributed by atoms with Gasteiger partial charge < -0.3 is 20.3 Å². The summed E-state index contributed by atoms with van der Waals surface area (Å²) in [5, 5.41) is 5.27. The van der Waals surface area contributed by atoms with Crippen LogP contribution in [0, 0.1) is 5.92 Å². The molecule has 0 saturated carbocycles. The number of amides is 3. The topological polar surface area (TPSA) is 87.7 Å². The zero-order valence-electron chi connectivity index (χ0n) is 20.3. The van der Waals surface area contributed by atoms with Crippen molar-refractivity contribution in [3.05, 3.63) is 90.0 Å². The van der Waals surface area contributed by atoms with Crippen molar-refractivity contribution in [2.24, 2.45) is 5.92 Å². The number of hydrogen-bond donors (Lipinski definition) is 2. The Bertz CT molecular complexity index is 1280. The van der Waals surface area contributed by atoms with Crippen LogP contribution >= 0.6 is 0 Å². The highest BCUT2D eigenvalue weighted by Gasteiger charge is 2.35. The van der Waals surface area contributed by atoms with E-state index in [0.717, 1.165) is 17.7 Å². The Morgan fingerprint density at radius 1 is 0.974 bits per heavy atom. The van der Waals surface area contributed by atoms with Gasteiger partial charge in [-0.3, -0.25) is 14.4 Å². The van der Waals surface area contributed by atoms with Crippen molar-refractivity contribution >= 4 is 29.1 Å². The molecule has 7 nitrogen and oxygen atoms in total. The fourth-order valence-corrected chi connectivity index (χ4v) is 4.09. The molecule has 1 aliphatic rings. The van der Waals surface area contributed by atoms with E-state index in [-0.39, 0.29) is 30.5 Å². The smallest absolute Gasteiger partial charge is 0.416 e. The molecule has 3 aromatic rings. The van der Waals surface area contributed by atoms with Gasteiger partial charge in [0.15, 0.2) is 6.61 Å². The average Bonchev–Trinajstić information content (AvgIpc) is 3.29. The molecule has 0 unspecified atom stereocenters. The van der Waals surface area contributed by atoms with Gasteiger partial charge in [0.1, 0.15) is 5.75 Å². The number of carbonyl (C=O) groups excluding carboxylic acids is 3. The number of rotatable bonds is 9. The molecule has 0 aliphatic carbocycles. The lowest BCUT2D eigenvalue weighted by Crippen LogP contribution is -2.34. The van der Waals surface area contributed by atoms with E-state index in [1.807, 2.05) is 30.3 Å². The lowest BCUT2D eigenvalue weighted by atomic mass is 10.1. The first-order chi connectivity index (χ1) is 18.2. The summed E-state index contributed by atoms with van der Waals surface area (Å²) >= 11 is 0. The third kappa shape index (κ3) is 7.12. The SMILES string of the molecule is O=C(COc1ccc(N2C[C@H](C(=O)NCCc3ccccc3)CC2=O)cc1)Nc1cccc(C(F)(F)F)c1. The summed E-state index contributed by atoms with van der Waals surface area (Å²) < 4.78 is 43.9. The van der Waals surface area contributed by atoms with Crippen LogP contribution in [0.25, 0.3) is 0 Å². The number of carbonyl (C=O) groups is 3. The van der Waals surface area contributed by atoms with Gasteiger partial charge in [-0.05, 0) is 54.4 Å². The van der Waals surface area contributed by atoms with Gasteiger partial charge in [0.2, 0.25) is 11.8 Å². The molecule has 1 fully saturated rings. The van der Waals surface area contributed by atoms with Crippen LogP contribution in [-0.4, -0.2) is 37.4 Å². The van der Waals surface area contributed by atoms with E-state index in [1.165, 1.54) is 17.0 Å². The maximum atomic E-state index is 12.8. The predicted molar refractivity (Wildman–Crippen MR) is 136 cm³/mol. The summed E-state index contributed by atoms with van der Waals surface area (Å²) in [5.74, 6) is -1.06. The van der Waals surface area contributed by atoms with Crippen LogP contribution in [0.1, 0.15) is 17.5 Å². The molecule has 0 bridgehead atoms. The molecule has 38 heavy (non-hydrogen) atoms. The second kappa shape index (κ2) is 11.8. The fraction of sp³-hybridized carbons (Fsp3) is 0.250. The van der Waals surface area contributed by atoms with E-state index in [4.69, 9.17) is 4.74 Å². The van der Waals surface area contributed by atoms with Gasteiger partial charge in [0.05, 0.1) is 11.5 Å². The first-order valence-corrected chi connectivity index (χ1v) is 12.0. The summed E-state index contributed by atoms with van der Waals surface area (Å²) in [6.07, 6.45) is -3.69. The minimum atomic E-state index is -4.51. The Balaban J connectivity index is 1.24. The second-order valence-corrected chi connectivity index (χ2v) is 8.84. The number of hydrogen-bond acceptors (Lipinski definition) is 4. The van der Waals surface area contributed by atoms with Crippen molar-refractivity contribution in [1.82, 2.24) is 5.32 Å². The third-order valence-corrected chi connectivity index (χ3v) is 6.04. The third-order valence-electron chi connectivity index (χ3n) is 6.04. The van der Waals surface area contributed by atoms with E-state index < -0.39 is 30.2 Å². The average molecular weight is 526 g/mol. The van der Waals surface area contributed by atoms with Crippen LogP contribution in [-0.2, 0) is 27.0 Å². The summed E-state index contributed by atoms with van der Waals surface area (Å²) in [5.41, 5.74) is 0.855.